The maximum absolute atomic E-state index is 11.0. The van der Waals surface area contributed by atoms with Crippen LogP contribution in [0.3, 0.4) is 0 Å². The van der Waals surface area contributed by atoms with E-state index >= 15 is 0 Å². The molecule has 1 aliphatic heterocycles. The fourth-order valence-corrected chi connectivity index (χ4v) is 6.42. The van der Waals surface area contributed by atoms with Crippen molar-refractivity contribution in [1.29, 1.82) is 0 Å². The largest absolute Gasteiger partial charge is 0.480 e. The smallest absolute Gasteiger partial charge is 0.317 e. The standard InChI is InChI=1S/C25H39N3O2/c1-24(2)10-11-25(3,4)20-16-18(8-9-19(20)24)21-6-5-7-22(26-21)28-14-12-27(13-15-28)17-23(29)30/h5-7,18-20H,8-17H2,1-4H3,(H,29,30). The summed E-state index contributed by atoms with van der Waals surface area (Å²) in [5.41, 5.74) is 2.16. The van der Waals surface area contributed by atoms with Crippen molar-refractivity contribution in [2.45, 2.75) is 65.7 Å². The number of rotatable bonds is 4. The molecule has 1 aromatic heterocycles. The number of carboxylic acid groups (broad SMARTS) is 1. The lowest BCUT2D eigenvalue weighted by atomic mass is 9.49. The molecule has 0 amide bonds. The summed E-state index contributed by atoms with van der Waals surface area (Å²) in [4.78, 5) is 20.4. The molecule has 3 aliphatic rings. The monoisotopic (exact) mass is 413 g/mol. The number of fused-ring (bicyclic) bond motifs is 1. The zero-order chi connectivity index (χ0) is 21.5. The summed E-state index contributed by atoms with van der Waals surface area (Å²) in [5, 5.41) is 9.01. The predicted molar refractivity (Wildman–Crippen MR) is 121 cm³/mol. The summed E-state index contributed by atoms with van der Waals surface area (Å²) in [6, 6.07) is 6.52. The number of carbonyl (C=O) groups is 1. The molecule has 1 N–H and O–H groups in total. The zero-order valence-corrected chi connectivity index (χ0v) is 19.2. The fraction of sp³-hybridized carbons (Fsp3) is 0.760. The third-order valence-corrected chi connectivity index (χ3v) is 8.50. The highest BCUT2D eigenvalue weighted by Gasteiger charge is 2.50. The van der Waals surface area contributed by atoms with Crippen molar-refractivity contribution in [2.24, 2.45) is 22.7 Å². The number of anilines is 1. The van der Waals surface area contributed by atoms with E-state index in [4.69, 9.17) is 10.1 Å². The molecule has 0 radical (unpaired) electrons. The first-order chi connectivity index (χ1) is 14.2. The van der Waals surface area contributed by atoms with Gasteiger partial charge in [0.2, 0.25) is 0 Å². The van der Waals surface area contributed by atoms with E-state index in [0.29, 0.717) is 16.7 Å². The van der Waals surface area contributed by atoms with E-state index in [9.17, 15) is 4.79 Å². The minimum Gasteiger partial charge on any atom is -0.480 e. The molecular formula is C25H39N3O2. The number of aliphatic carboxylic acids is 1. The maximum atomic E-state index is 11.0. The zero-order valence-electron chi connectivity index (χ0n) is 19.2. The van der Waals surface area contributed by atoms with Crippen molar-refractivity contribution in [2.75, 3.05) is 37.6 Å². The highest BCUT2D eigenvalue weighted by Crippen LogP contribution is 2.59. The Labute approximate surface area is 181 Å². The second-order valence-electron chi connectivity index (χ2n) is 11.3. The van der Waals surface area contributed by atoms with Crippen LogP contribution in [-0.2, 0) is 4.79 Å². The molecule has 3 fully saturated rings. The Balaban J connectivity index is 1.45. The number of hydrogen-bond donors (Lipinski definition) is 1. The van der Waals surface area contributed by atoms with E-state index < -0.39 is 5.97 Å². The van der Waals surface area contributed by atoms with Crippen molar-refractivity contribution >= 4 is 11.8 Å². The Morgan fingerprint density at radius 3 is 2.37 bits per heavy atom. The predicted octanol–water partition coefficient (Wildman–Crippen LogP) is 4.63. The van der Waals surface area contributed by atoms with E-state index in [1.807, 2.05) is 4.90 Å². The summed E-state index contributed by atoms with van der Waals surface area (Å²) in [7, 11) is 0. The van der Waals surface area contributed by atoms with Crippen LogP contribution >= 0.6 is 0 Å². The summed E-state index contributed by atoms with van der Waals surface area (Å²) >= 11 is 0. The number of hydrogen-bond acceptors (Lipinski definition) is 4. The van der Waals surface area contributed by atoms with Gasteiger partial charge in [-0.1, -0.05) is 33.8 Å². The fourth-order valence-electron chi connectivity index (χ4n) is 6.42. The van der Waals surface area contributed by atoms with Crippen molar-refractivity contribution in [3.63, 3.8) is 0 Å². The Kier molecular flexibility index (Phi) is 5.86. The molecule has 2 aliphatic carbocycles. The summed E-state index contributed by atoms with van der Waals surface area (Å²) in [5.74, 6) is 2.50. The Hall–Kier alpha value is -1.62. The van der Waals surface area contributed by atoms with E-state index in [1.165, 1.54) is 37.8 Å². The van der Waals surface area contributed by atoms with Gasteiger partial charge < -0.3 is 10.0 Å². The van der Waals surface area contributed by atoms with Gasteiger partial charge in [0.05, 0.1) is 6.54 Å². The van der Waals surface area contributed by atoms with Gasteiger partial charge in [0.15, 0.2) is 0 Å². The molecule has 0 spiro atoms. The number of nitrogens with zero attached hydrogens (tertiary/aromatic N) is 3. The lowest BCUT2D eigenvalue weighted by Gasteiger charge is -2.56. The lowest BCUT2D eigenvalue weighted by molar-refractivity contribution is -0.138. The highest BCUT2D eigenvalue weighted by molar-refractivity contribution is 5.69. The number of pyridine rings is 1. The Bertz CT molecular complexity index is 767. The van der Waals surface area contributed by atoms with Crippen molar-refractivity contribution in [1.82, 2.24) is 9.88 Å². The van der Waals surface area contributed by atoms with Gasteiger partial charge in [0.25, 0.3) is 0 Å². The molecule has 5 heteroatoms. The molecule has 0 bridgehead atoms. The molecule has 2 heterocycles. The first-order valence-electron chi connectivity index (χ1n) is 11.8. The van der Waals surface area contributed by atoms with Crippen molar-refractivity contribution < 1.29 is 9.90 Å². The van der Waals surface area contributed by atoms with E-state index in [2.05, 4.69) is 50.8 Å². The first-order valence-corrected chi connectivity index (χ1v) is 11.8. The number of aromatic nitrogens is 1. The first kappa shape index (κ1) is 21.6. The molecule has 5 nitrogen and oxygen atoms in total. The van der Waals surface area contributed by atoms with Crippen LogP contribution in [-0.4, -0.2) is 53.7 Å². The summed E-state index contributed by atoms with van der Waals surface area (Å²) in [6.45, 7) is 13.4. The van der Waals surface area contributed by atoms with Gasteiger partial charge >= 0.3 is 5.97 Å². The lowest BCUT2D eigenvalue weighted by Crippen LogP contribution is -2.48. The molecule has 1 saturated heterocycles. The average molecular weight is 414 g/mol. The minimum atomic E-state index is -0.743. The van der Waals surface area contributed by atoms with Crippen LogP contribution in [0.1, 0.15) is 71.4 Å². The average Bonchev–Trinajstić information content (AvgIpc) is 2.71. The molecule has 0 aromatic carbocycles. The van der Waals surface area contributed by atoms with Crippen LogP contribution in [0, 0.1) is 22.7 Å². The van der Waals surface area contributed by atoms with Gasteiger partial charge in [0, 0.05) is 37.8 Å². The van der Waals surface area contributed by atoms with Gasteiger partial charge in [0.1, 0.15) is 5.82 Å². The quantitative estimate of drug-likeness (QED) is 0.780. The van der Waals surface area contributed by atoms with Gasteiger partial charge in [-0.3, -0.25) is 9.69 Å². The van der Waals surface area contributed by atoms with Gasteiger partial charge in [-0.05, 0) is 66.9 Å². The summed E-state index contributed by atoms with van der Waals surface area (Å²) in [6.07, 6.45) is 6.54. The normalized spacial score (nSPS) is 31.2. The topological polar surface area (TPSA) is 56.7 Å². The van der Waals surface area contributed by atoms with Crippen LogP contribution < -0.4 is 4.90 Å². The molecular weight excluding hydrogens is 374 g/mol. The van der Waals surface area contributed by atoms with Gasteiger partial charge in [-0.15, -0.1) is 0 Å². The summed E-state index contributed by atoms with van der Waals surface area (Å²) < 4.78 is 0. The van der Waals surface area contributed by atoms with Crippen LogP contribution in [0.2, 0.25) is 0 Å². The molecule has 4 rings (SSSR count). The molecule has 3 atom stereocenters. The van der Waals surface area contributed by atoms with Crippen LogP contribution in [0.15, 0.2) is 18.2 Å². The van der Waals surface area contributed by atoms with Gasteiger partial charge in [-0.25, -0.2) is 4.98 Å². The van der Waals surface area contributed by atoms with E-state index in [-0.39, 0.29) is 6.54 Å². The second kappa shape index (κ2) is 8.14. The third-order valence-electron chi connectivity index (χ3n) is 8.50. The van der Waals surface area contributed by atoms with Crippen molar-refractivity contribution in [3.05, 3.63) is 23.9 Å². The van der Waals surface area contributed by atoms with Crippen LogP contribution in [0.25, 0.3) is 0 Å². The maximum Gasteiger partial charge on any atom is 0.317 e. The highest BCUT2D eigenvalue weighted by atomic mass is 16.4. The molecule has 30 heavy (non-hydrogen) atoms. The molecule has 2 saturated carbocycles. The van der Waals surface area contributed by atoms with Crippen molar-refractivity contribution in [3.8, 4) is 0 Å². The van der Waals surface area contributed by atoms with E-state index in [0.717, 1.165) is 43.8 Å². The number of piperazine rings is 1. The molecule has 1 aromatic rings. The SMILES string of the molecule is CC1(C)CCC(C)(C)C2CC(c3cccc(N4CCN(CC(=O)O)CC4)n3)CCC21. The van der Waals surface area contributed by atoms with Crippen LogP contribution in [0.5, 0.6) is 0 Å². The Morgan fingerprint density at radius 1 is 1.03 bits per heavy atom. The molecule has 166 valence electrons. The second-order valence-corrected chi connectivity index (χ2v) is 11.3. The van der Waals surface area contributed by atoms with E-state index in [1.54, 1.807) is 0 Å². The number of carboxylic acids is 1. The third kappa shape index (κ3) is 4.37. The molecule has 3 unspecified atom stereocenters. The Morgan fingerprint density at radius 2 is 1.70 bits per heavy atom. The van der Waals surface area contributed by atoms with Crippen LogP contribution in [0.4, 0.5) is 5.82 Å². The minimum absolute atomic E-state index is 0.137. The van der Waals surface area contributed by atoms with Gasteiger partial charge in [-0.2, -0.15) is 0 Å².